The molecular weight excluding hydrogens is 248 g/mol. The number of carbonyl (C=O) groups is 2. The summed E-state index contributed by atoms with van der Waals surface area (Å²) in [4.78, 5) is 23.7. The lowest BCUT2D eigenvalue weighted by molar-refractivity contribution is -0.152. The van der Waals surface area contributed by atoms with E-state index in [4.69, 9.17) is 4.74 Å². The lowest BCUT2D eigenvalue weighted by atomic mass is 9.88. The number of hydrogen-bond acceptors (Lipinski definition) is 4. The molecule has 0 bridgehead atoms. The molecule has 2 aliphatic heterocycles. The SMILES string of the molecule is CC1CCNC(C(=O)NC2(C(=O)O)CCOCC2)C1. The van der Waals surface area contributed by atoms with Crippen molar-refractivity contribution in [3.05, 3.63) is 0 Å². The van der Waals surface area contributed by atoms with Crippen LogP contribution in [0.5, 0.6) is 0 Å². The fourth-order valence-electron chi connectivity index (χ4n) is 2.74. The van der Waals surface area contributed by atoms with Crippen LogP contribution < -0.4 is 10.6 Å². The summed E-state index contributed by atoms with van der Waals surface area (Å²) in [5.74, 6) is -0.670. The lowest BCUT2D eigenvalue weighted by Crippen LogP contribution is -2.61. The number of aliphatic carboxylic acids is 1. The highest BCUT2D eigenvalue weighted by Crippen LogP contribution is 2.22. The van der Waals surface area contributed by atoms with Crippen LogP contribution in [-0.2, 0) is 14.3 Å². The minimum absolute atomic E-state index is 0.198. The Morgan fingerprint density at radius 3 is 2.63 bits per heavy atom. The first-order valence-corrected chi connectivity index (χ1v) is 6.90. The Morgan fingerprint density at radius 2 is 2.05 bits per heavy atom. The van der Waals surface area contributed by atoms with Crippen LogP contribution in [-0.4, -0.2) is 48.3 Å². The van der Waals surface area contributed by atoms with Crippen LogP contribution >= 0.6 is 0 Å². The summed E-state index contributed by atoms with van der Waals surface area (Å²) in [7, 11) is 0. The van der Waals surface area contributed by atoms with Gasteiger partial charge >= 0.3 is 5.97 Å². The number of carbonyl (C=O) groups excluding carboxylic acids is 1. The van der Waals surface area contributed by atoms with E-state index in [9.17, 15) is 14.7 Å². The monoisotopic (exact) mass is 270 g/mol. The number of rotatable bonds is 3. The molecule has 0 saturated carbocycles. The number of hydrogen-bond donors (Lipinski definition) is 3. The Morgan fingerprint density at radius 1 is 1.37 bits per heavy atom. The van der Waals surface area contributed by atoms with Gasteiger partial charge in [-0.2, -0.15) is 0 Å². The Bertz CT molecular complexity index is 353. The van der Waals surface area contributed by atoms with E-state index in [1.165, 1.54) is 0 Å². The quantitative estimate of drug-likeness (QED) is 0.678. The lowest BCUT2D eigenvalue weighted by Gasteiger charge is -2.36. The summed E-state index contributed by atoms with van der Waals surface area (Å²) in [6.45, 7) is 3.67. The Balaban J connectivity index is 2.00. The number of amides is 1. The summed E-state index contributed by atoms with van der Waals surface area (Å²) in [5.41, 5.74) is -1.16. The normalized spacial score (nSPS) is 30.6. The summed E-state index contributed by atoms with van der Waals surface area (Å²) >= 11 is 0. The van der Waals surface area contributed by atoms with Gasteiger partial charge in [-0.25, -0.2) is 4.79 Å². The molecule has 0 aromatic rings. The predicted molar refractivity (Wildman–Crippen MR) is 68.8 cm³/mol. The minimum Gasteiger partial charge on any atom is -0.480 e. The third-order valence-electron chi connectivity index (χ3n) is 4.10. The molecule has 6 nitrogen and oxygen atoms in total. The maximum Gasteiger partial charge on any atom is 0.329 e. The predicted octanol–water partition coefficient (Wildman–Crippen LogP) is 0.125. The Labute approximate surface area is 112 Å². The fraction of sp³-hybridized carbons (Fsp3) is 0.846. The van der Waals surface area contributed by atoms with Crippen molar-refractivity contribution in [1.82, 2.24) is 10.6 Å². The Kier molecular flexibility index (Phi) is 4.42. The molecule has 2 fully saturated rings. The van der Waals surface area contributed by atoms with Gasteiger partial charge in [0.25, 0.3) is 0 Å². The molecule has 0 aliphatic carbocycles. The molecule has 6 heteroatoms. The topological polar surface area (TPSA) is 87.7 Å². The van der Waals surface area contributed by atoms with Crippen molar-refractivity contribution in [2.24, 2.45) is 5.92 Å². The molecule has 0 aromatic heterocycles. The smallest absolute Gasteiger partial charge is 0.329 e. The second-order valence-electron chi connectivity index (χ2n) is 5.63. The second-order valence-corrected chi connectivity index (χ2v) is 5.63. The number of nitrogens with one attached hydrogen (secondary N) is 2. The third-order valence-corrected chi connectivity index (χ3v) is 4.10. The fourth-order valence-corrected chi connectivity index (χ4v) is 2.74. The molecule has 2 unspecified atom stereocenters. The molecule has 2 atom stereocenters. The van der Waals surface area contributed by atoms with Gasteiger partial charge in [0.1, 0.15) is 5.54 Å². The van der Waals surface area contributed by atoms with E-state index in [0.717, 1.165) is 19.4 Å². The van der Waals surface area contributed by atoms with Crippen LogP contribution in [0, 0.1) is 5.92 Å². The van der Waals surface area contributed by atoms with Crippen LogP contribution in [0.2, 0.25) is 0 Å². The van der Waals surface area contributed by atoms with Crippen molar-refractivity contribution in [3.63, 3.8) is 0 Å². The molecule has 0 aromatic carbocycles. The van der Waals surface area contributed by atoms with Crippen LogP contribution in [0.1, 0.15) is 32.6 Å². The largest absolute Gasteiger partial charge is 0.480 e. The zero-order valence-corrected chi connectivity index (χ0v) is 11.3. The van der Waals surface area contributed by atoms with E-state index in [-0.39, 0.29) is 11.9 Å². The zero-order chi connectivity index (χ0) is 13.9. The van der Waals surface area contributed by atoms with Gasteiger partial charge < -0.3 is 20.5 Å². The molecule has 0 spiro atoms. The van der Waals surface area contributed by atoms with E-state index in [1.54, 1.807) is 0 Å². The Hall–Kier alpha value is -1.14. The molecule has 2 rings (SSSR count). The first-order valence-electron chi connectivity index (χ1n) is 6.90. The third kappa shape index (κ3) is 3.25. The van der Waals surface area contributed by atoms with Crippen LogP contribution in [0.4, 0.5) is 0 Å². The highest BCUT2D eigenvalue weighted by atomic mass is 16.5. The van der Waals surface area contributed by atoms with Crippen LogP contribution in [0.25, 0.3) is 0 Å². The van der Waals surface area contributed by atoms with E-state index >= 15 is 0 Å². The van der Waals surface area contributed by atoms with Gasteiger partial charge in [0.2, 0.25) is 5.91 Å². The molecule has 108 valence electrons. The number of carboxylic acids is 1. The molecule has 19 heavy (non-hydrogen) atoms. The van der Waals surface area contributed by atoms with Crippen LogP contribution in [0.15, 0.2) is 0 Å². The van der Waals surface area contributed by atoms with Crippen molar-refractivity contribution < 1.29 is 19.4 Å². The van der Waals surface area contributed by atoms with E-state index in [0.29, 0.717) is 32.0 Å². The summed E-state index contributed by atoms with van der Waals surface area (Å²) in [6.07, 6.45) is 2.48. The molecule has 2 saturated heterocycles. The maximum atomic E-state index is 12.2. The van der Waals surface area contributed by atoms with Gasteiger partial charge in [0.15, 0.2) is 0 Å². The summed E-state index contributed by atoms with van der Waals surface area (Å²) in [6, 6.07) is -0.275. The molecular formula is C13H22N2O4. The first kappa shape index (κ1) is 14.3. The number of carboxylic acid groups (broad SMARTS) is 1. The second kappa shape index (κ2) is 5.88. The standard InChI is InChI=1S/C13H22N2O4/c1-9-2-5-14-10(8-9)11(16)15-13(12(17)18)3-6-19-7-4-13/h9-10,14H,2-8H2,1H3,(H,15,16)(H,17,18). The van der Waals surface area contributed by atoms with Gasteiger partial charge in [-0.05, 0) is 25.3 Å². The molecule has 0 radical (unpaired) electrons. The van der Waals surface area contributed by atoms with Crippen molar-refractivity contribution in [3.8, 4) is 0 Å². The van der Waals surface area contributed by atoms with Gasteiger partial charge in [-0.3, -0.25) is 4.79 Å². The van der Waals surface area contributed by atoms with Crippen molar-refractivity contribution in [2.45, 2.75) is 44.2 Å². The maximum absolute atomic E-state index is 12.2. The first-order chi connectivity index (χ1) is 9.03. The van der Waals surface area contributed by atoms with Crippen molar-refractivity contribution in [1.29, 1.82) is 0 Å². The minimum atomic E-state index is -1.16. The molecule has 2 heterocycles. The average Bonchev–Trinajstić information content (AvgIpc) is 2.39. The number of piperidine rings is 1. The summed E-state index contributed by atoms with van der Waals surface area (Å²) in [5, 5.41) is 15.3. The van der Waals surface area contributed by atoms with Gasteiger partial charge in [-0.1, -0.05) is 6.92 Å². The zero-order valence-electron chi connectivity index (χ0n) is 11.3. The van der Waals surface area contributed by atoms with E-state index in [2.05, 4.69) is 17.6 Å². The number of ether oxygens (including phenoxy) is 1. The van der Waals surface area contributed by atoms with E-state index in [1.807, 2.05) is 0 Å². The van der Waals surface area contributed by atoms with Crippen LogP contribution in [0.3, 0.4) is 0 Å². The highest BCUT2D eigenvalue weighted by Gasteiger charge is 2.43. The highest BCUT2D eigenvalue weighted by molar-refractivity contribution is 5.89. The van der Waals surface area contributed by atoms with Gasteiger partial charge in [0, 0.05) is 26.1 Å². The van der Waals surface area contributed by atoms with Gasteiger partial charge in [0.05, 0.1) is 6.04 Å². The van der Waals surface area contributed by atoms with Gasteiger partial charge in [-0.15, -0.1) is 0 Å². The van der Waals surface area contributed by atoms with Crippen molar-refractivity contribution in [2.75, 3.05) is 19.8 Å². The van der Waals surface area contributed by atoms with Crippen molar-refractivity contribution >= 4 is 11.9 Å². The molecule has 2 aliphatic rings. The molecule has 3 N–H and O–H groups in total. The average molecular weight is 270 g/mol. The molecule has 1 amide bonds. The van der Waals surface area contributed by atoms with E-state index < -0.39 is 11.5 Å². The summed E-state index contributed by atoms with van der Waals surface area (Å²) < 4.78 is 5.19.